The summed E-state index contributed by atoms with van der Waals surface area (Å²) >= 11 is 0. The van der Waals surface area contributed by atoms with E-state index in [2.05, 4.69) is 22.2 Å². The van der Waals surface area contributed by atoms with Gasteiger partial charge in [0.25, 0.3) is 0 Å². The summed E-state index contributed by atoms with van der Waals surface area (Å²) in [5.74, 6) is 0.930. The fourth-order valence-corrected chi connectivity index (χ4v) is 6.38. The van der Waals surface area contributed by atoms with Gasteiger partial charge in [-0.3, -0.25) is 0 Å². The van der Waals surface area contributed by atoms with Crippen LogP contribution in [0.3, 0.4) is 0 Å². The summed E-state index contributed by atoms with van der Waals surface area (Å²) in [6.07, 6.45) is -0.355. The van der Waals surface area contributed by atoms with Crippen LogP contribution in [0.1, 0.15) is 46.6 Å². The largest absolute Gasteiger partial charge is 0.416 e. The number of halogens is 3. The van der Waals surface area contributed by atoms with Crippen LogP contribution in [0.4, 0.5) is 13.2 Å². The number of nitrogens with one attached hydrogen (secondary N) is 2. The third-order valence-electron chi connectivity index (χ3n) is 6.72. The van der Waals surface area contributed by atoms with E-state index in [1.165, 1.54) is 23.3 Å². The van der Waals surface area contributed by atoms with E-state index in [1.54, 1.807) is 6.07 Å². The fraction of sp³-hybridized carbons (Fsp3) is 0.520. The molecule has 0 bridgehead atoms. The topological polar surface area (TPSA) is 58.2 Å². The average Bonchev–Trinajstić information content (AvgIpc) is 3.49. The molecule has 0 spiro atoms. The molecule has 0 amide bonds. The summed E-state index contributed by atoms with van der Waals surface area (Å²) in [5, 5.41) is 3.23. The van der Waals surface area contributed by atoms with Crippen molar-refractivity contribution in [1.29, 1.82) is 0 Å². The van der Waals surface area contributed by atoms with E-state index in [1.807, 2.05) is 13.1 Å². The highest BCUT2D eigenvalue weighted by Gasteiger charge is 2.34. The number of fused-ring (bicyclic) bond motifs is 1. The van der Waals surface area contributed by atoms with Crippen LogP contribution >= 0.6 is 0 Å². The number of alkyl halides is 3. The number of sulfonamides is 1. The van der Waals surface area contributed by atoms with E-state index in [9.17, 15) is 21.6 Å². The molecule has 2 aliphatic carbocycles. The molecule has 33 heavy (non-hydrogen) atoms. The van der Waals surface area contributed by atoms with Crippen molar-refractivity contribution in [3.05, 3.63) is 70.3 Å². The Morgan fingerprint density at radius 1 is 1.06 bits per heavy atom. The zero-order valence-electron chi connectivity index (χ0n) is 18.8. The first-order valence-corrected chi connectivity index (χ1v) is 13.2. The second-order valence-electron chi connectivity index (χ2n) is 9.43. The lowest BCUT2D eigenvalue weighted by Crippen LogP contribution is -2.29. The summed E-state index contributed by atoms with van der Waals surface area (Å²) in [6, 6.07) is 11.9. The molecule has 0 aromatic heterocycles. The van der Waals surface area contributed by atoms with Crippen molar-refractivity contribution >= 4 is 10.0 Å². The van der Waals surface area contributed by atoms with Gasteiger partial charge >= 0.3 is 6.18 Å². The van der Waals surface area contributed by atoms with Gasteiger partial charge in [-0.05, 0) is 91.8 Å². The standard InChI is InChI=1S/C25H31F3N2O2S/c1-29-15-21-14-20-8-7-17(9-10-30-33(31,32)16-18-5-6-18)12-23(20)24(21)13-19-3-2-4-22(11-19)25(26,27)28/h2-4,7-8,11-12,18,21,24,29-30H,5-6,9-10,13-16H2,1H3. The molecule has 2 atom stereocenters. The summed E-state index contributed by atoms with van der Waals surface area (Å²) in [5.41, 5.74) is 3.51. The van der Waals surface area contributed by atoms with Crippen LogP contribution in [-0.4, -0.2) is 34.3 Å². The molecular formula is C25H31F3N2O2S. The predicted octanol–water partition coefficient (Wildman–Crippen LogP) is 4.30. The highest BCUT2D eigenvalue weighted by Crippen LogP contribution is 2.41. The molecule has 0 saturated heterocycles. The Hall–Kier alpha value is -1.90. The molecule has 2 unspecified atom stereocenters. The van der Waals surface area contributed by atoms with Gasteiger partial charge in [-0.25, -0.2) is 13.1 Å². The zero-order valence-corrected chi connectivity index (χ0v) is 19.6. The molecule has 4 rings (SSSR count). The molecule has 0 radical (unpaired) electrons. The van der Waals surface area contributed by atoms with Gasteiger partial charge in [0, 0.05) is 6.54 Å². The van der Waals surface area contributed by atoms with Gasteiger partial charge in [0.15, 0.2) is 0 Å². The van der Waals surface area contributed by atoms with Crippen LogP contribution in [0.5, 0.6) is 0 Å². The Labute approximate surface area is 194 Å². The van der Waals surface area contributed by atoms with Crippen molar-refractivity contribution in [1.82, 2.24) is 10.0 Å². The Kier molecular flexibility index (Phi) is 7.17. The number of rotatable bonds is 10. The van der Waals surface area contributed by atoms with Crippen molar-refractivity contribution in [2.24, 2.45) is 11.8 Å². The first-order chi connectivity index (χ1) is 15.6. The molecule has 1 saturated carbocycles. The summed E-state index contributed by atoms with van der Waals surface area (Å²) < 4.78 is 66.5. The van der Waals surface area contributed by atoms with Gasteiger partial charge in [-0.1, -0.05) is 36.4 Å². The zero-order chi connectivity index (χ0) is 23.6. The van der Waals surface area contributed by atoms with Crippen molar-refractivity contribution in [2.75, 3.05) is 25.9 Å². The molecule has 2 aliphatic rings. The lowest BCUT2D eigenvalue weighted by Gasteiger charge is -2.21. The van der Waals surface area contributed by atoms with Crippen LogP contribution in [0, 0.1) is 11.8 Å². The third kappa shape index (κ3) is 6.37. The Morgan fingerprint density at radius 3 is 2.55 bits per heavy atom. The minimum Gasteiger partial charge on any atom is -0.319 e. The van der Waals surface area contributed by atoms with E-state index in [-0.39, 0.29) is 11.7 Å². The average molecular weight is 481 g/mol. The van der Waals surface area contributed by atoms with Crippen LogP contribution in [0.15, 0.2) is 42.5 Å². The lowest BCUT2D eigenvalue weighted by molar-refractivity contribution is -0.137. The minimum atomic E-state index is -4.35. The normalized spacial score (nSPS) is 20.7. The van der Waals surface area contributed by atoms with E-state index in [0.717, 1.165) is 37.4 Å². The van der Waals surface area contributed by atoms with Crippen molar-refractivity contribution in [3.63, 3.8) is 0 Å². The van der Waals surface area contributed by atoms with Gasteiger partial charge in [0.2, 0.25) is 10.0 Å². The Morgan fingerprint density at radius 2 is 1.85 bits per heavy atom. The van der Waals surface area contributed by atoms with E-state index in [0.29, 0.717) is 36.8 Å². The monoisotopic (exact) mass is 480 g/mol. The van der Waals surface area contributed by atoms with Gasteiger partial charge in [-0.2, -0.15) is 13.2 Å². The smallest absolute Gasteiger partial charge is 0.319 e. The Bertz CT molecular complexity index is 1080. The molecule has 2 N–H and O–H groups in total. The molecular weight excluding hydrogens is 449 g/mol. The second-order valence-corrected chi connectivity index (χ2v) is 11.3. The predicted molar refractivity (Wildman–Crippen MR) is 124 cm³/mol. The molecule has 180 valence electrons. The van der Waals surface area contributed by atoms with Crippen molar-refractivity contribution in [2.45, 2.75) is 44.2 Å². The summed E-state index contributed by atoms with van der Waals surface area (Å²) in [6.45, 7) is 1.14. The van der Waals surface area contributed by atoms with Crippen LogP contribution in [0.2, 0.25) is 0 Å². The van der Waals surface area contributed by atoms with Gasteiger partial charge in [0.1, 0.15) is 0 Å². The third-order valence-corrected chi connectivity index (χ3v) is 8.28. The van der Waals surface area contributed by atoms with Gasteiger partial charge < -0.3 is 5.32 Å². The first kappa shape index (κ1) is 24.2. The van der Waals surface area contributed by atoms with Gasteiger partial charge in [0.05, 0.1) is 11.3 Å². The minimum absolute atomic E-state index is 0.113. The number of benzene rings is 2. The van der Waals surface area contributed by atoms with E-state index < -0.39 is 21.8 Å². The first-order valence-electron chi connectivity index (χ1n) is 11.5. The fourth-order valence-electron chi connectivity index (χ4n) is 4.90. The maximum absolute atomic E-state index is 13.2. The molecule has 8 heteroatoms. The molecule has 1 fully saturated rings. The lowest BCUT2D eigenvalue weighted by atomic mass is 9.85. The second kappa shape index (κ2) is 9.76. The number of hydrogen-bond donors (Lipinski definition) is 2. The van der Waals surface area contributed by atoms with Crippen LogP contribution < -0.4 is 10.0 Å². The SMILES string of the molecule is CNCC1Cc2ccc(CCNS(=O)(=O)CC3CC3)cc2C1Cc1cccc(C(F)(F)F)c1. The van der Waals surface area contributed by atoms with Crippen LogP contribution in [-0.2, 0) is 35.5 Å². The number of hydrogen-bond acceptors (Lipinski definition) is 3. The Balaban J connectivity index is 1.48. The quantitative estimate of drug-likeness (QED) is 0.533. The van der Waals surface area contributed by atoms with Crippen LogP contribution in [0.25, 0.3) is 0 Å². The molecule has 2 aromatic rings. The summed E-state index contributed by atoms with van der Waals surface area (Å²) in [4.78, 5) is 0. The van der Waals surface area contributed by atoms with E-state index >= 15 is 0 Å². The molecule has 2 aromatic carbocycles. The van der Waals surface area contributed by atoms with Crippen molar-refractivity contribution < 1.29 is 21.6 Å². The van der Waals surface area contributed by atoms with Gasteiger partial charge in [-0.15, -0.1) is 0 Å². The molecule has 0 aliphatic heterocycles. The highest BCUT2D eigenvalue weighted by molar-refractivity contribution is 7.89. The van der Waals surface area contributed by atoms with E-state index in [4.69, 9.17) is 0 Å². The maximum Gasteiger partial charge on any atom is 0.416 e. The van der Waals surface area contributed by atoms with Crippen molar-refractivity contribution in [3.8, 4) is 0 Å². The molecule has 4 nitrogen and oxygen atoms in total. The highest BCUT2D eigenvalue weighted by atomic mass is 32.2. The molecule has 0 heterocycles. The maximum atomic E-state index is 13.2. The summed E-state index contributed by atoms with van der Waals surface area (Å²) in [7, 11) is -1.34.